The Labute approximate surface area is 173 Å². The van der Waals surface area contributed by atoms with Crippen molar-refractivity contribution >= 4 is 17.7 Å². The van der Waals surface area contributed by atoms with Crippen LogP contribution in [0.25, 0.3) is 11.5 Å². The number of nitrogens with zero attached hydrogens (tertiary/aromatic N) is 2. The molecule has 0 radical (unpaired) electrons. The number of amides is 1. The lowest BCUT2D eigenvalue weighted by molar-refractivity contribution is -0.119. The SMILES string of the molecule is COc1ccc(OC)c([C@H](C)NC(=O)CSc2nnc(-c3ccccc3C)o2)c1. The maximum Gasteiger partial charge on any atom is 0.277 e. The molecule has 1 heterocycles. The third-order valence-electron chi connectivity index (χ3n) is 4.39. The summed E-state index contributed by atoms with van der Waals surface area (Å²) >= 11 is 1.20. The monoisotopic (exact) mass is 413 g/mol. The van der Waals surface area contributed by atoms with E-state index in [2.05, 4.69) is 15.5 Å². The molecule has 2 aromatic carbocycles. The molecule has 1 N–H and O–H groups in total. The fourth-order valence-electron chi connectivity index (χ4n) is 2.86. The van der Waals surface area contributed by atoms with Crippen LogP contribution in [0.1, 0.15) is 24.1 Å². The molecule has 0 unspecified atom stereocenters. The minimum atomic E-state index is -0.252. The van der Waals surface area contributed by atoms with Gasteiger partial charge in [-0.2, -0.15) is 0 Å². The number of hydrogen-bond donors (Lipinski definition) is 1. The van der Waals surface area contributed by atoms with E-state index in [9.17, 15) is 4.79 Å². The van der Waals surface area contributed by atoms with Gasteiger partial charge < -0.3 is 19.2 Å². The first-order valence-electron chi connectivity index (χ1n) is 9.05. The molecular formula is C21H23N3O4S. The predicted octanol–water partition coefficient (Wildman–Crippen LogP) is 4.03. The highest BCUT2D eigenvalue weighted by Gasteiger charge is 2.17. The lowest BCUT2D eigenvalue weighted by Gasteiger charge is -2.18. The predicted molar refractivity (Wildman–Crippen MR) is 111 cm³/mol. The molecule has 0 aliphatic carbocycles. The smallest absolute Gasteiger partial charge is 0.277 e. The van der Waals surface area contributed by atoms with E-state index in [1.807, 2.05) is 56.3 Å². The highest BCUT2D eigenvalue weighted by molar-refractivity contribution is 7.99. The van der Waals surface area contributed by atoms with E-state index >= 15 is 0 Å². The molecule has 0 spiro atoms. The van der Waals surface area contributed by atoms with Gasteiger partial charge in [0.2, 0.25) is 11.8 Å². The molecule has 0 aliphatic heterocycles. The number of hydrogen-bond acceptors (Lipinski definition) is 7. The second kappa shape index (κ2) is 9.47. The Bertz CT molecular complexity index is 990. The van der Waals surface area contributed by atoms with Gasteiger partial charge in [0.05, 0.1) is 26.0 Å². The maximum atomic E-state index is 12.4. The minimum absolute atomic E-state index is 0.150. The summed E-state index contributed by atoms with van der Waals surface area (Å²) in [5.74, 6) is 1.84. The summed E-state index contributed by atoms with van der Waals surface area (Å²) in [4.78, 5) is 12.4. The van der Waals surface area contributed by atoms with Crippen LogP contribution in [0.3, 0.4) is 0 Å². The summed E-state index contributed by atoms with van der Waals surface area (Å²) < 4.78 is 16.3. The zero-order valence-electron chi connectivity index (χ0n) is 16.8. The molecule has 3 aromatic rings. The third kappa shape index (κ3) is 5.08. The van der Waals surface area contributed by atoms with E-state index in [-0.39, 0.29) is 17.7 Å². The van der Waals surface area contributed by atoms with E-state index in [1.165, 1.54) is 11.8 Å². The number of thioether (sulfide) groups is 1. The number of aromatic nitrogens is 2. The Morgan fingerprint density at radius 2 is 1.97 bits per heavy atom. The molecule has 152 valence electrons. The van der Waals surface area contributed by atoms with Crippen molar-refractivity contribution in [2.75, 3.05) is 20.0 Å². The molecule has 0 saturated heterocycles. The number of nitrogens with one attached hydrogen (secondary N) is 1. The Morgan fingerprint density at radius 1 is 1.17 bits per heavy atom. The lowest BCUT2D eigenvalue weighted by Crippen LogP contribution is -2.28. The molecule has 1 aromatic heterocycles. The number of ether oxygens (including phenoxy) is 2. The average molecular weight is 413 g/mol. The molecule has 1 atom stereocenters. The summed E-state index contributed by atoms with van der Waals surface area (Å²) in [6.45, 7) is 3.87. The van der Waals surface area contributed by atoms with Crippen molar-refractivity contribution in [3.63, 3.8) is 0 Å². The normalized spacial score (nSPS) is 11.7. The van der Waals surface area contributed by atoms with E-state index in [1.54, 1.807) is 14.2 Å². The first kappa shape index (κ1) is 20.7. The van der Waals surface area contributed by atoms with Crippen molar-refractivity contribution in [2.45, 2.75) is 25.1 Å². The van der Waals surface area contributed by atoms with Crippen LogP contribution in [-0.4, -0.2) is 36.1 Å². The molecule has 8 heteroatoms. The largest absolute Gasteiger partial charge is 0.497 e. The van der Waals surface area contributed by atoms with Gasteiger partial charge in [0.25, 0.3) is 5.22 Å². The van der Waals surface area contributed by atoms with E-state index in [4.69, 9.17) is 13.9 Å². The van der Waals surface area contributed by atoms with Gasteiger partial charge in [0, 0.05) is 11.1 Å². The fraction of sp³-hybridized carbons (Fsp3) is 0.286. The molecule has 0 aliphatic rings. The first-order valence-corrected chi connectivity index (χ1v) is 10.0. The van der Waals surface area contributed by atoms with E-state index < -0.39 is 0 Å². The van der Waals surface area contributed by atoms with Crippen molar-refractivity contribution in [3.8, 4) is 23.0 Å². The van der Waals surface area contributed by atoms with Gasteiger partial charge in [-0.25, -0.2) is 0 Å². The summed E-state index contributed by atoms with van der Waals surface area (Å²) in [6, 6.07) is 13.0. The van der Waals surface area contributed by atoms with Crippen LogP contribution in [0.4, 0.5) is 0 Å². The fourth-order valence-corrected chi connectivity index (χ4v) is 3.43. The van der Waals surface area contributed by atoms with Crippen LogP contribution < -0.4 is 14.8 Å². The number of benzene rings is 2. The zero-order chi connectivity index (χ0) is 20.8. The van der Waals surface area contributed by atoms with Gasteiger partial charge in [-0.1, -0.05) is 30.0 Å². The third-order valence-corrected chi connectivity index (χ3v) is 5.21. The second-order valence-corrected chi connectivity index (χ2v) is 7.30. The van der Waals surface area contributed by atoms with E-state index in [0.717, 1.165) is 16.7 Å². The molecule has 3 rings (SSSR count). The van der Waals surface area contributed by atoms with Crippen molar-refractivity contribution in [2.24, 2.45) is 0 Å². The van der Waals surface area contributed by atoms with Crippen molar-refractivity contribution in [1.29, 1.82) is 0 Å². The van der Waals surface area contributed by atoms with Gasteiger partial charge >= 0.3 is 0 Å². The number of methoxy groups -OCH3 is 2. The maximum absolute atomic E-state index is 12.4. The van der Waals surface area contributed by atoms with Crippen molar-refractivity contribution in [1.82, 2.24) is 15.5 Å². The molecule has 29 heavy (non-hydrogen) atoms. The number of carbonyl (C=O) groups excluding carboxylic acids is 1. The molecule has 7 nitrogen and oxygen atoms in total. The van der Waals surface area contributed by atoms with Gasteiger partial charge in [0.1, 0.15) is 11.5 Å². The van der Waals surface area contributed by atoms with Crippen LogP contribution in [-0.2, 0) is 4.79 Å². The Hall–Kier alpha value is -3.00. The molecule has 0 bridgehead atoms. The van der Waals surface area contributed by atoms with Crippen LogP contribution in [0.2, 0.25) is 0 Å². The topological polar surface area (TPSA) is 86.5 Å². The second-order valence-electron chi connectivity index (χ2n) is 6.37. The first-order chi connectivity index (χ1) is 14.0. The van der Waals surface area contributed by atoms with Crippen molar-refractivity contribution in [3.05, 3.63) is 53.6 Å². The Balaban J connectivity index is 1.60. The zero-order valence-corrected chi connectivity index (χ0v) is 17.6. The molecular weight excluding hydrogens is 390 g/mol. The van der Waals surface area contributed by atoms with Gasteiger partial charge in [-0.3, -0.25) is 4.79 Å². The summed E-state index contributed by atoms with van der Waals surface area (Å²) in [5.41, 5.74) is 2.77. The minimum Gasteiger partial charge on any atom is -0.497 e. The summed E-state index contributed by atoms with van der Waals surface area (Å²) in [7, 11) is 3.19. The highest BCUT2D eigenvalue weighted by Crippen LogP contribution is 2.29. The van der Waals surface area contributed by atoms with Crippen LogP contribution in [0.5, 0.6) is 11.5 Å². The van der Waals surface area contributed by atoms with Gasteiger partial charge in [-0.05, 0) is 43.7 Å². The van der Waals surface area contributed by atoms with Crippen LogP contribution in [0.15, 0.2) is 52.1 Å². The number of carbonyl (C=O) groups is 1. The standard InChI is InChI=1S/C21H23N3O4S/c1-13-7-5-6-8-16(13)20-23-24-21(28-20)29-12-19(25)22-14(2)17-11-15(26-3)9-10-18(17)27-4/h5-11,14H,12H2,1-4H3,(H,22,25)/t14-/m0/s1. The molecule has 0 fully saturated rings. The average Bonchev–Trinajstić information content (AvgIpc) is 3.20. The number of aryl methyl sites for hydroxylation is 1. The Morgan fingerprint density at radius 3 is 2.69 bits per heavy atom. The highest BCUT2D eigenvalue weighted by atomic mass is 32.2. The van der Waals surface area contributed by atoms with E-state index in [0.29, 0.717) is 22.6 Å². The summed E-state index contributed by atoms with van der Waals surface area (Å²) in [5, 5.41) is 11.4. The molecule has 1 amide bonds. The Kier molecular flexibility index (Phi) is 6.77. The molecule has 0 saturated carbocycles. The van der Waals surface area contributed by atoms with Gasteiger partial charge in [-0.15, -0.1) is 10.2 Å². The van der Waals surface area contributed by atoms with Crippen LogP contribution in [0, 0.1) is 6.92 Å². The number of rotatable bonds is 8. The van der Waals surface area contributed by atoms with Crippen LogP contribution >= 0.6 is 11.8 Å². The van der Waals surface area contributed by atoms with Gasteiger partial charge in [0.15, 0.2) is 0 Å². The lowest BCUT2D eigenvalue weighted by atomic mass is 10.1. The summed E-state index contributed by atoms with van der Waals surface area (Å²) in [6.07, 6.45) is 0. The quantitative estimate of drug-likeness (QED) is 0.558. The van der Waals surface area contributed by atoms with Crippen molar-refractivity contribution < 1.29 is 18.7 Å².